The number of carbonyl (C=O) groups excluding carboxylic acids is 1. The molecule has 0 spiro atoms. The van der Waals surface area contributed by atoms with E-state index in [0.29, 0.717) is 6.61 Å². The molecule has 144 valence electrons. The molecule has 3 aromatic carbocycles. The number of ether oxygens (including phenoxy) is 1. The van der Waals surface area contributed by atoms with Crippen LogP contribution in [0, 0.1) is 5.92 Å². The summed E-state index contributed by atoms with van der Waals surface area (Å²) in [6.45, 7) is 4.27. The van der Waals surface area contributed by atoms with Gasteiger partial charge in [0.25, 0.3) is 0 Å². The smallest absolute Gasteiger partial charge is 0.308 e. The lowest BCUT2D eigenvalue weighted by Gasteiger charge is -2.28. The zero-order valence-electron chi connectivity index (χ0n) is 16.6. The summed E-state index contributed by atoms with van der Waals surface area (Å²) in [5.74, 6) is -0.217. The van der Waals surface area contributed by atoms with E-state index >= 15 is 0 Å². The van der Waals surface area contributed by atoms with Crippen molar-refractivity contribution in [3.63, 3.8) is 0 Å². The third-order valence-corrected chi connectivity index (χ3v) is 9.65. The van der Waals surface area contributed by atoms with Crippen molar-refractivity contribution in [3.05, 3.63) is 91.0 Å². The van der Waals surface area contributed by atoms with Crippen molar-refractivity contribution in [2.24, 2.45) is 5.92 Å². The minimum Gasteiger partial charge on any atom is -0.466 e. The van der Waals surface area contributed by atoms with Gasteiger partial charge in [-0.25, -0.2) is 0 Å². The molecular formula is C25H28O2P+. The Kier molecular flexibility index (Phi) is 7.01. The monoisotopic (exact) mass is 391 g/mol. The summed E-state index contributed by atoms with van der Waals surface area (Å²) in [5, 5.41) is 4.05. The average molecular weight is 391 g/mol. The van der Waals surface area contributed by atoms with Crippen LogP contribution in [-0.2, 0) is 9.53 Å². The van der Waals surface area contributed by atoms with Crippen LogP contribution in [0.4, 0.5) is 0 Å². The Labute approximate surface area is 168 Å². The highest BCUT2D eigenvalue weighted by molar-refractivity contribution is 7.95. The van der Waals surface area contributed by atoms with E-state index in [1.165, 1.54) is 15.9 Å². The first-order chi connectivity index (χ1) is 13.7. The normalized spacial score (nSPS) is 12.4. The lowest BCUT2D eigenvalue weighted by Crippen LogP contribution is -2.34. The molecule has 0 heterocycles. The van der Waals surface area contributed by atoms with Gasteiger partial charge in [-0.15, -0.1) is 0 Å². The molecule has 2 nitrogen and oxygen atoms in total. The number of carbonyl (C=O) groups is 1. The van der Waals surface area contributed by atoms with Crippen LogP contribution in [0.25, 0.3) is 0 Å². The predicted octanol–water partition coefficient (Wildman–Crippen LogP) is 4.57. The minimum absolute atomic E-state index is 0.102. The first-order valence-electron chi connectivity index (χ1n) is 9.90. The second-order valence-electron chi connectivity index (χ2n) is 6.98. The van der Waals surface area contributed by atoms with Crippen LogP contribution in [-0.4, -0.2) is 18.7 Å². The van der Waals surface area contributed by atoms with E-state index in [-0.39, 0.29) is 11.9 Å². The lowest BCUT2D eigenvalue weighted by molar-refractivity contribution is -0.147. The molecular weight excluding hydrogens is 363 g/mol. The van der Waals surface area contributed by atoms with Crippen molar-refractivity contribution in [2.45, 2.75) is 20.3 Å². The number of benzene rings is 3. The van der Waals surface area contributed by atoms with Gasteiger partial charge in [-0.3, -0.25) is 4.79 Å². The van der Waals surface area contributed by atoms with Crippen LogP contribution >= 0.6 is 7.26 Å². The third-order valence-electron chi connectivity index (χ3n) is 5.18. The molecule has 3 rings (SSSR count). The van der Waals surface area contributed by atoms with E-state index in [2.05, 4.69) is 91.0 Å². The molecule has 3 aromatic rings. The molecule has 0 radical (unpaired) electrons. The van der Waals surface area contributed by atoms with Crippen LogP contribution < -0.4 is 15.9 Å². The first kappa shape index (κ1) is 20.3. The van der Waals surface area contributed by atoms with Gasteiger partial charge < -0.3 is 4.74 Å². The zero-order valence-corrected chi connectivity index (χ0v) is 17.5. The summed E-state index contributed by atoms with van der Waals surface area (Å²) in [6.07, 6.45) is 1.73. The van der Waals surface area contributed by atoms with Crippen molar-refractivity contribution < 1.29 is 9.53 Å². The summed E-state index contributed by atoms with van der Waals surface area (Å²) in [6, 6.07) is 32.3. The Hall–Kier alpha value is -2.44. The van der Waals surface area contributed by atoms with Crippen LogP contribution in [0.3, 0.4) is 0 Å². The lowest BCUT2D eigenvalue weighted by atomic mass is 10.1. The second-order valence-corrected chi connectivity index (χ2v) is 10.6. The van der Waals surface area contributed by atoms with E-state index in [1.54, 1.807) is 0 Å². The van der Waals surface area contributed by atoms with Crippen LogP contribution in [0.5, 0.6) is 0 Å². The number of hydrogen-bond donors (Lipinski definition) is 0. The molecule has 0 fully saturated rings. The number of esters is 1. The second kappa shape index (κ2) is 9.66. The van der Waals surface area contributed by atoms with Gasteiger partial charge in [-0.2, -0.15) is 0 Å². The molecule has 28 heavy (non-hydrogen) atoms. The van der Waals surface area contributed by atoms with Gasteiger partial charge in [-0.1, -0.05) is 61.5 Å². The zero-order chi connectivity index (χ0) is 19.8. The van der Waals surface area contributed by atoms with Crippen LogP contribution in [0.15, 0.2) is 91.0 Å². The highest BCUT2D eigenvalue weighted by atomic mass is 31.2. The summed E-state index contributed by atoms with van der Waals surface area (Å²) in [7, 11) is -1.87. The van der Waals surface area contributed by atoms with Crippen molar-refractivity contribution >= 4 is 29.1 Å². The van der Waals surface area contributed by atoms with Crippen molar-refractivity contribution in [3.8, 4) is 0 Å². The molecule has 0 amide bonds. The summed E-state index contributed by atoms with van der Waals surface area (Å²) < 4.78 is 5.26. The Balaban J connectivity index is 2.10. The largest absolute Gasteiger partial charge is 0.466 e. The molecule has 0 N–H and O–H groups in total. The van der Waals surface area contributed by atoms with E-state index in [9.17, 15) is 4.79 Å². The van der Waals surface area contributed by atoms with Crippen molar-refractivity contribution in [1.82, 2.24) is 0 Å². The van der Waals surface area contributed by atoms with E-state index in [1.807, 2.05) is 13.8 Å². The summed E-state index contributed by atoms with van der Waals surface area (Å²) >= 11 is 0. The molecule has 0 aliphatic carbocycles. The fraction of sp³-hybridized carbons (Fsp3) is 0.240. The van der Waals surface area contributed by atoms with Crippen LogP contribution in [0.1, 0.15) is 20.3 Å². The Morgan fingerprint density at radius 1 is 0.786 bits per heavy atom. The molecule has 0 saturated heterocycles. The van der Waals surface area contributed by atoms with Gasteiger partial charge >= 0.3 is 5.97 Å². The Morgan fingerprint density at radius 2 is 1.18 bits per heavy atom. The third kappa shape index (κ3) is 4.34. The van der Waals surface area contributed by atoms with Crippen molar-refractivity contribution in [1.29, 1.82) is 0 Å². The van der Waals surface area contributed by atoms with Gasteiger partial charge in [0.2, 0.25) is 0 Å². The highest BCUT2D eigenvalue weighted by Crippen LogP contribution is 2.56. The maximum absolute atomic E-state index is 12.3. The SMILES string of the molecule is CCOC(=O)C(C)CC[P+](c1ccccc1)(c1ccccc1)c1ccccc1. The summed E-state index contributed by atoms with van der Waals surface area (Å²) in [5.41, 5.74) is 0. The molecule has 0 bridgehead atoms. The predicted molar refractivity (Wildman–Crippen MR) is 120 cm³/mol. The molecule has 0 aliphatic rings. The maximum atomic E-state index is 12.3. The topological polar surface area (TPSA) is 26.3 Å². The highest BCUT2D eigenvalue weighted by Gasteiger charge is 2.45. The van der Waals surface area contributed by atoms with Gasteiger partial charge in [0.05, 0.1) is 18.7 Å². The average Bonchev–Trinajstić information content (AvgIpc) is 2.76. The fourth-order valence-corrected chi connectivity index (χ4v) is 8.16. The molecule has 0 aliphatic heterocycles. The molecule has 1 atom stereocenters. The van der Waals surface area contributed by atoms with Crippen LogP contribution in [0.2, 0.25) is 0 Å². The van der Waals surface area contributed by atoms with Gasteiger partial charge in [0.1, 0.15) is 23.2 Å². The van der Waals surface area contributed by atoms with E-state index in [4.69, 9.17) is 4.74 Å². The van der Waals surface area contributed by atoms with Gasteiger partial charge in [0, 0.05) is 0 Å². The first-order valence-corrected chi connectivity index (χ1v) is 11.9. The maximum Gasteiger partial charge on any atom is 0.308 e. The Bertz CT molecular complexity index is 766. The molecule has 1 unspecified atom stereocenters. The fourth-order valence-electron chi connectivity index (χ4n) is 3.67. The van der Waals surface area contributed by atoms with Gasteiger partial charge in [0.15, 0.2) is 0 Å². The van der Waals surface area contributed by atoms with E-state index in [0.717, 1.165) is 12.6 Å². The van der Waals surface area contributed by atoms with Crippen molar-refractivity contribution in [2.75, 3.05) is 12.8 Å². The molecule has 0 saturated carbocycles. The standard InChI is InChI=1S/C25H28O2P/c1-3-27-25(26)21(2)19-20-28(22-13-7-4-8-14-22,23-15-9-5-10-16-23)24-17-11-6-12-18-24/h4-18,21H,3,19-20H2,1-2H3/q+1. The number of rotatable bonds is 8. The quantitative estimate of drug-likeness (QED) is 0.415. The van der Waals surface area contributed by atoms with E-state index < -0.39 is 7.26 Å². The summed E-state index contributed by atoms with van der Waals surface area (Å²) in [4.78, 5) is 12.3. The molecule has 0 aromatic heterocycles. The Morgan fingerprint density at radius 3 is 1.54 bits per heavy atom. The van der Waals surface area contributed by atoms with Gasteiger partial charge in [-0.05, 0) is 49.7 Å². The number of hydrogen-bond acceptors (Lipinski definition) is 2. The molecule has 3 heteroatoms. The minimum atomic E-state index is -1.87.